The van der Waals surface area contributed by atoms with Crippen molar-refractivity contribution in [3.8, 4) is 17.3 Å². The van der Waals surface area contributed by atoms with Gasteiger partial charge in [0.2, 0.25) is 0 Å². The van der Waals surface area contributed by atoms with Crippen molar-refractivity contribution in [3.63, 3.8) is 0 Å². The number of nitrogens with zero attached hydrogens (tertiary/aromatic N) is 4. The summed E-state index contributed by atoms with van der Waals surface area (Å²) in [4.78, 5) is 11.4. The van der Waals surface area contributed by atoms with Crippen molar-refractivity contribution in [2.45, 2.75) is 12.5 Å². The molecule has 3 aromatic rings. The van der Waals surface area contributed by atoms with Crippen LogP contribution in [0.2, 0.25) is 0 Å². The molecule has 0 spiro atoms. The van der Waals surface area contributed by atoms with Gasteiger partial charge < -0.3 is 10.0 Å². The zero-order valence-electron chi connectivity index (χ0n) is 13.1. The first-order valence-electron chi connectivity index (χ1n) is 7.94. The van der Waals surface area contributed by atoms with Crippen LogP contribution in [0.5, 0.6) is 0 Å². The molecule has 5 nitrogen and oxygen atoms in total. The lowest BCUT2D eigenvalue weighted by Crippen LogP contribution is -2.22. The van der Waals surface area contributed by atoms with Crippen molar-refractivity contribution in [2.75, 3.05) is 18.0 Å². The summed E-state index contributed by atoms with van der Waals surface area (Å²) in [5.74, 6) is 0.837. The zero-order valence-corrected chi connectivity index (χ0v) is 13.1. The summed E-state index contributed by atoms with van der Waals surface area (Å²) in [6.45, 7) is 1.38. The maximum Gasteiger partial charge on any atom is 0.130 e. The molecule has 3 heterocycles. The average Bonchev–Trinajstić information content (AvgIpc) is 3.07. The van der Waals surface area contributed by atoms with Crippen LogP contribution in [-0.4, -0.2) is 34.3 Å². The summed E-state index contributed by atoms with van der Waals surface area (Å²) in [6, 6.07) is 15.5. The minimum atomic E-state index is -0.304. The number of pyridine rings is 2. The van der Waals surface area contributed by atoms with Gasteiger partial charge in [-0.05, 0) is 30.7 Å². The molecule has 1 aromatic carbocycles. The smallest absolute Gasteiger partial charge is 0.130 e. The molecular weight excluding hydrogens is 300 g/mol. The molecule has 5 heteroatoms. The number of aliphatic hydroxyl groups is 1. The number of nitriles is 1. The molecule has 1 aliphatic heterocycles. The Kier molecular flexibility index (Phi) is 3.60. The Balaban J connectivity index is 1.91. The van der Waals surface area contributed by atoms with Crippen molar-refractivity contribution in [2.24, 2.45) is 0 Å². The van der Waals surface area contributed by atoms with E-state index in [9.17, 15) is 5.11 Å². The van der Waals surface area contributed by atoms with Crippen LogP contribution in [0.1, 0.15) is 12.0 Å². The minimum absolute atomic E-state index is 0.304. The van der Waals surface area contributed by atoms with Gasteiger partial charge in [0, 0.05) is 30.2 Å². The molecule has 1 saturated heterocycles. The average molecular weight is 316 g/mol. The van der Waals surface area contributed by atoms with Gasteiger partial charge in [-0.25, -0.2) is 4.98 Å². The van der Waals surface area contributed by atoms with Crippen molar-refractivity contribution >= 4 is 16.7 Å². The maximum absolute atomic E-state index is 9.81. The fraction of sp³-hybridized carbons (Fsp3) is 0.211. The molecule has 1 unspecified atom stereocenters. The molecule has 4 rings (SSSR count). The number of rotatable bonds is 2. The quantitative estimate of drug-likeness (QED) is 0.787. The first-order chi connectivity index (χ1) is 11.7. The molecule has 1 N–H and O–H groups in total. The van der Waals surface area contributed by atoms with E-state index in [0.717, 1.165) is 40.9 Å². The third-order valence-electron chi connectivity index (χ3n) is 4.33. The molecule has 1 fully saturated rings. The highest BCUT2D eigenvalue weighted by atomic mass is 16.3. The molecule has 0 aliphatic carbocycles. The second-order valence-electron chi connectivity index (χ2n) is 5.99. The van der Waals surface area contributed by atoms with Crippen LogP contribution in [0.4, 0.5) is 5.82 Å². The Morgan fingerprint density at radius 2 is 2.12 bits per heavy atom. The molecule has 24 heavy (non-hydrogen) atoms. The van der Waals surface area contributed by atoms with Gasteiger partial charge in [-0.2, -0.15) is 5.26 Å². The molecule has 1 atom stereocenters. The number of β-amino-alcohol motifs (C(OH)–C–C–N with tert-alkyl or cyclic N) is 1. The molecule has 118 valence electrons. The standard InChI is InChI=1S/C19H16N4O/c20-11-13-3-1-4-14(9-13)19-18-15(5-2-7-21-18)10-17(22-19)23-8-6-16(24)12-23/h1-5,7,9-10,16,24H,6,8,12H2. The normalized spacial score (nSPS) is 17.2. The highest BCUT2D eigenvalue weighted by Gasteiger charge is 2.22. The third-order valence-corrected chi connectivity index (χ3v) is 4.33. The van der Waals surface area contributed by atoms with Crippen LogP contribution >= 0.6 is 0 Å². The fourth-order valence-electron chi connectivity index (χ4n) is 3.12. The highest BCUT2D eigenvalue weighted by molar-refractivity contribution is 5.93. The van der Waals surface area contributed by atoms with E-state index in [-0.39, 0.29) is 6.10 Å². The van der Waals surface area contributed by atoms with Gasteiger partial charge in [-0.3, -0.25) is 4.98 Å². The molecular formula is C19H16N4O. The van der Waals surface area contributed by atoms with Gasteiger partial charge in [0.05, 0.1) is 28.9 Å². The first kappa shape index (κ1) is 14.6. The lowest BCUT2D eigenvalue weighted by Gasteiger charge is -2.18. The second-order valence-corrected chi connectivity index (χ2v) is 5.99. The number of hydrogen-bond donors (Lipinski definition) is 1. The van der Waals surface area contributed by atoms with Crippen LogP contribution < -0.4 is 4.90 Å². The van der Waals surface area contributed by atoms with Crippen LogP contribution in [-0.2, 0) is 0 Å². The van der Waals surface area contributed by atoms with Gasteiger partial charge in [0.15, 0.2) is 0 Å². The van der Waals surface area contributed by atoms with E-state index in [1.807, 2.05) is 36.4 Å². The van der Waals surface area contributed by atoms with E-state index < -0.39 is 0 Å². The summed E-state index contributed by atoms with van der Waals surface area (Å²) in [5, 5.41) is 20.0. The number of aromatic nitrogens is 2. The first-order valence-corrected chi connectivity index (χ1v) is 7.94. The predicted octanol–water partition coefficient (Wildman–Crippen LogP) is 2.74. The van der Waals surface area contributed by atoms with Gasteiger partial charge in [-0.1, -0.05) is 18.2 Å². The van der Waals surface area contributed by atoms with Gasteiger partial charge in [0.25, 0.3) is 0 Å². The van der Waals surface area contributed by atoms with E-state index in [1.54, 1.807) is 12.3 Å². The molecule has 1 aliphatic rings. The van der Waals surface area contributed by atoms with Crippen LogP contribution in [0.15, 0.2) is 48.7 Å². The SMILES string of the molecule is N#Cc1cccc(-c2nc(N3CCC(O)C3)cc3cccnc23)c1. The number of hydrogen-bond acceptors (Lipinski definition) is 5. The van der Waals surface area contributed by atoms with Crippen molar-refractivity contribution in [1.82, 2.24) is 9.97 Å². The monoisotopic (exact) mass is 316 g/mol. The molecule has 0 radical (unpaired) electrons. The summed E-state index contributed by atoms with van der Waals surface area (Å²) in [7, 11) is 0. The molecule has 0 saturated carbocycles. The zero-order chi connectivity index (χ0) is 16.5. The minimum Gasteiger partial charge on any atom is -0.391 e. The Morgan fingerprint density at radius 3 is 2.92 bits per heavy atom. The van der Waals surface area contributed by atoms with Crippen LogP contribution in [0, 0.1) is 11.3 Å². The summed E-state index contributed by atoms with van der Waals surface area (Å²) >= 11 is 0. The Labute approximate surface area is 139 Å². The van der Waals surface area contributed by atoms with Crippen molar-refractivity contribution in [3.05, 3.63) is 54.2 Å². The number of anilines is 1. The van der Waals surface area contributed by atoms with E-state index in [0.29, 0.717) is 12.1 Å². The fourth-order valence-corrected chi connectivity index (χ4v) is 3.12. The van der Waals surface area contributed by atoms with Crippen LogP contribution in [0.25, 0.3) is 22.2 Å². The molecule has 0 bridgehead atoms. The van der Waals surface area contributed by atoms with Crippen molar-refractivity contribution < 1.29 is 5.11 Å². The predicted molar refractivity (Wildman–Crippen MR) is 92.5 cm³/mol. The van der Waals surface area contributed by atoms with E-state index in [4.69, 9.17) is 10.2 Å². The van der Waals surface area contributed by atoms with E-state index in [1.165, 1.54) is 0 Å². The van der Waals surface area contributed by atoms with Crippen molar-refractivity contribution in [1.29, 1.82) is 5.26 Å². The second kappa shape index (κ2) is 5.91. The maximum atomic E-state index is 9.81. The number of aliphatic hydroxyl groups excluding tert-OH is 1. The topological polar surface area (TPSA) is 73.0 Å². The summed E-state index contributed by atoms with van der Waals surface area (Å²) in [6.07, 6.45) is 2.20. The Hall–Kier alpha value is -2.97. The van der Waals surface area contributed by atoms with Gasteiger partial charge >= 0.3 is 0 Å². The lowest BCUT2D eigenvalue weighted by molar-refractivity contribution is 0.198. The highest BCUT2D eigenvalue weighted by Crippen LogP contribution is 2.30. The van der Waals surface area contributed by atoms with Gasteiger partial charge in [0.1, 0.15) is 5.82 Å². The number of fused-ring (bicyclic) bond motifs is 1. The molecule has 2 aromatic heterocycles. The van der Waals surface area contributed by atoms with Crippen LogP contribution in [0.3, 0.4) is 0 Å². The molecule has 0 amide bonds. The van der Waals surface area contributed by atoms with Gasteiger partial charge in [-0.15, -0.1) is 0 Å². The third kappa shape index (κ3) is 2.57. The largest absolute Gasteiger partial charge is 0.391 e. The summed E-state index contributed by atoms with van der Waals surface area (Å²) < 4.78 is 0. The number of benzene rings is 1. The Bertz CT molecular complexity index is 947. The summed E-state index contributed by atoms with van der Waals surface area (Å²) in [5.41, 5.74) is 3.05. The lowest BCUT2D eigenvalue weighted by atomic mass is 10.1. The Morgan fingerprint density at radius 1 is 1.21 bits per heavy atom. The van der Waals surface area contributed by atoms with E-state index >= 15 is 0 Å². The van der Waals surface area contributed by atoms with E-state index in [2.05, 4.69) is 16.0 Å².